The van der Waals surface area contributed by atoms with Gasteiger partial charge in [0.15, 0.2) is 17.6 Å². The molecule has 2 amide bonds. The molecule has 2 N–H and O–H groups in total. The molecule has 30 heavy (non-hydrogen) atoms. The number of nitrogens with one attached hydrogen (secondary N) is 2. The van der Waals surface area contributed by atoms with Crippen molar-refractivity contribution in [2.75, 3.05) is 25.3 Å². The number of ether oxygens (including phenoxy) is 4. The summed E-state index contributed by atoms with van der Waals surface area (Å²) in [4.78, 5) is 36.3. The first kappa shape index (κ1) is 21.0. The first-order valence-electron chi connectivity index (χ1n) is 9.37. The molecule has 1 atom stereocenters. The summed E-state index contributed by atoms with van der Waals surface area (Å²) in [7, 11) is 0. The molecule has 1 unspecified atom stereocenters. The third-order valence-corrected chi connectivity index (χ3v) is 4.14. The predicted molar refractivity (Wildman–Crippen MR) is 107 cm³/mol. The van der Waals surface area contributed by atoms with E-state index in [1.165, 1.54) is 6.92 Å². The van der Waals surface area contributed by atoms with Crippen molar-refractivity contribution in [3.63, 3.8) is 0 Å². The zero-order chi connectivity index (χ0) is 21.5. The summed E-state index contributed by atoms with van der Waals surface area (Å²) in [6, 6.07) is 11.5. The first-order chi connectivity index (χ1) is 14.5. The molecule has 3 rings (SSSR count). The van der Waals surface area contributed by atoms with Crippen molar-refractivity contribution in [2.45, 2.75) is 20.0 Å². The summed E-state index contributed by atoms with van der Waals surface area (Å²) in [5, 5.41) is 5.09. The second-order valence-electron chi connectivity index (χ2n) is 6.33. The number of hydrogen-bond donors (Lipinski definition) is 2. The SMILES string of the molecule is CCOc1ccc(C(=O)NCC(=O)OC(C)C(=O)Nc2ccc3c(c2)OCO3)cc1. The Morgan fingerprint density at radius 1 is 1.07 bits per heavy atom. The van der Waals surface area contributed by atoms with Crippen molar-refractivity contribution >= 4 is 23.5 Å². The van der Waals surface area contributed by atoms with Crippen LogP contribution in [0, 0.1) is 0 Å². The van der Waals surface area contributed by atoms with Gasteiger partial charge < -0.3 is 29.6 Å². The van der Waals surface area contributed by atoms with Gasteiger partial charge in [-0.3, -0.25) is 14.4 Å². The maximum Gasteiger partial charge on any atom is 0.326 e. The van der Waals surface area contributed by atoms with Crippen molar-refractivity contribution in [2.24, 2.45) is 0 Å². The smallest absolute Gasteiger partial charge is 0.326 e. The lowest BCUT2D eigenvalue weighted by Gasteiger charge is -2.14. The molecule has 0 aliphatic carbocycles. The highest BCUT2D eigenvalue weighted by molar-refractivity contribution is 5.97. The first-order valence-corrected chi connectivity index (χ1v) is 9.37. The maximum absolute atomic E-state index is 12.2. The number of carbonyl (C=O) groups is 3. The van der Waals surface area contributed by atoms with Crippen LogP contribution < -0.4 is 24.8 Å². The topological polar surface area (TPSA) is 112 Å². The number of esters is 1. The Bertz CT molecular complexity index is 927. The summed E-state index contributed by atoms with van der Waals surface area (Å²) in [6.07, 6.45) is -1.05. The monoisotopic (exact) mass is 414 g/mol. The largest absolute Gasteiger partial charge is 0.494 e. The van der Waals surface area contributed by atoms with E-state index in [-0.39, 0.29) is 13.3 Å². The molecular weight excluding hydrogens is 392 g/mol. The van der Waals surface area contributed by atoms with E-state index < -0.39 is 23.9 Å². The van der Waals surface area contributed by atoms with Gasteiger partial charge in [0.25, 0.3) is 11.8 Å². The molecule has 158 valence electrons. The molecule has 2 aromatic rings. The van der Waals surface area contributed by atoms with Gasteiger partial charge in [-0.05, 0) is 50.2 Å². The minimum absolute atomic E-state index is 0.128. The van der Waals surface area contributed by atoms with Crippen LogP contribution in [0.2, 0.25) is 0 Å². The van der Waals surface area contributed by atoms with E-state index in [0.29, 0.717) is 35.1 Å². The average Bonchev–Trinajstić information content (AvgIpc) is 3.20. The highest BCUT2D eigenvalue weighted by Gasteiger charge is 2.20. The molecule has 9 nitrogen and oxygen atoms in total. The molecular formula is C21H22N2O7. The molecule has 0 fully saturated rings. The van der Waals surface area contributed by atoms with E-state index in [0.717, 1.165) is 0 Å². The number of amides is 2. The van der Waals surface area contributed by atoms with Gasteiger partial charge in [0.2, 0.25) is 6.79 Å². The Morgan fingerprint density at radius 3 is 2.53 bits per heavy atom. The number of fused-ring (bicyclic) bond motifs is 1. The fourth-order valence-corrected chi connectivity index (χ4v) is 2.63. The van der Waals surface area contributed by atoms with Crippen molar-refractivity contribution in [1.29, 1.82) is 0 Å². The van der Waals surface area contributed by atoms with Crippen LogP contribution in [0.5, 0.6) is 17.2 Å². The number of carbonyl (C=O) groups excluding carboxylic acids is 3. The van der Waals surface area contributed by atoms with E-state index in [2.05, 4.69) is 10.6 Å². The molecule has 0 bridgehead atoms. The second-order valence-corrected chi connectivity index (χ2v) is 6.33. The van der Waals surface area contributed by atoms with Crippen LogP contribution >= 0.6 is 0 Å². The number of anilines is 1. The Hall–Kier alpha value is -3.75. The molecule has 9 heteroatoms. The summed E-state index contributed by atoms with van der Waals surface area (Å²) >= 11 is 0. The highest BCUT2D eigenvalue weighted by Crippen LogP contribution is 2.34. The average molecular weight is 414 g/mol. The van der Waals surface area contributed by atoms with E-state index in [1.807, 2.05) is 6.92 Å². The lowest BCUT2D eigenvalue weighted by Crippen LogP contribution is -2.35. The summed E-state index contributed by atoms with van der Waals surface area (Å²) in [6.45, 7) is 3.59. The van der Waals surface area contributed by atoms with Gasteiger partial charge in [0, 0.05) is 17.3 Å². The van der Waals surface area contributed by atoms with Crippen molar-refractivity contribution in [1.82, 2.24) is 5.32 Å². The number of benzene rings is 2. The van der Waals surface area contributed by atoms with Crippen LogP contribution in [0.25, 0.3) is 0 Å². The van der Waals surface area contributed by atoms with E-state index in [9.17, 15) is 14.4 Å². The van der Waals surface area contributed by atoms with Crippen LogP contribution in [0.3, 0.4) is 0 Å². The molecule has 0 spiro atoms. The van der Waals surface area contributed by atoms with Crippen molar-refractivity contribution < 1.29 is 33.3 Å². The molecule has 1 aliphatic heterocycles. The second kappa shape index (κ2) is 9.64. The van der Waals surface area contributed by atoms with Crippen molar-refractivity contribution in [3.8, 4) is 17.2 Å². The number of hydrogen-bond acceptors (Lipinski definition) is 7. The zero-order valence-electron chi connectivity index (χ0n) is 16.6. The highest BCUT2D eigenvalue weighted by atomic mass is 16.7. The fraction of sp³-hybridized carbons (Fsp3) is 0.286. The van der Waals surface area contributed by atoms with E-state index >= 15 is 0 Å². The lowest BCUT2D eigenvalue weighted by molar-refractivity contribution is -0.152. The molecule has 0 aromatic heterocycles. The van der Waals surface area contributed by atoms with Crippen LogP contribution in [0.1, 0.15) is 24.2 Å². The fourth-order valence-electron chi connectivity index (χ4n) is 2.63. The van der Waals surface area contributed by atoms with E-state index in [4.69, 9.17) is 18.9 Å². The van der Waals surface area contributed by atoms with Gasteiger partial charge in [-0.25, -0.2) is 0 Å². The maximum atomic E-state index is 12.2. The molecule has 0 saturated heterocycles. The molecule has 1 aliphatic rings. The third kappa shape index (κ3) is 5.40. The van der Waals surface area contributed by atoms with E-state index in [1.54, 1.807) is 42.5 Å². The minimum Gasteiger partial charge on any atom is -0.494 e. The molecule has 0 saturated carbocycles. The quantitative estimate of drug-likeness (QED) is 0.636. The van der Waals surface area contributed by atoms with Crippen LogP contribution in [-0.2, 0) is 14.3 Å². The number of rotatable bonds is 8. The predicted octanol–water partition coefficient (Wildman–Crippen LogP) is 2.11. The van der Waals surface area contributed by atoms with Crippen LogP contribution in [0.4, 0.5) is 5.69 Å². The third-order valence-electron chi connectivity index (χ3n) is 4.14. The summed E-state index contributed by atoms with van der Waals surface area (Å²) in [5.41, 5.74) is 0.857. The normalized spacial score (nSPS) is 12.6. The van der Waals surface area contributed by atoms with Crippen LogP contribution in [0.15, 0.2) is 42.5 Å². The van der Waals surface area contributed by atoms with Crippen molar-refractivity contribution in [3.05, 3.63) is 48.0 Å². The van der Waals surface area contributed by atoms with Gasteiger partial charge in [-0.15, -0.1) is 0 Å². The summed E-state index contributed by atoms with van der Waals surface area (Å²) in [5.74, 6) is 0.0797. The Balaban J connectivity index is 1.44. The van der Waals surface area contributed by atoms with Gasteiger partial charge >= 0.3 is 5.97 Å². The molecule has 2 aromatic carbocycles. The standard InChI is InChI=1S/C21H22N2O7/c1-3-27-16-7-4-14(5-8-16)21(26)22-11-19(24)30-13(2)20(25)23-15-6-9-17-18(10-15)29-12-28-17/h4-10,13H,3,11-12H2,1-2H3,(H,22,26)(H,23,25). The Kier molecular flexibility index (Phi) is 6.74. The molecule has 1 heterocycles. The van der Waals surface area contributed by atoms with Gasteiger partial charge in [-0.1, -0.05) is 0 Å². The van der Waals surface area contributed by atoms with Gasteiger partial charge in [0.05, 0.1) is 6.61 Å². The summed E-state index contributed by atoms with van der Waals surface area (Å²) < 4.78 is 20.8. The van der Waals surface area contributed by atoms with Gasteiger partial charge in [-0.2, -0.15) is 0 Å². The minimum atomic E-state index is -1.05. The van der Waals surface area contributed by atoms with Crippen LogP contribution in [-0.4, -0.2) is 43.8 Å². The Morgan fingerprint density at radius 2 is 1.80 bits per heavy atom. The lowest BCUT2D eigenvalue weighted by atomic mass is 10.2. The Labute approximate surface area is 173 Å². The molecule has 0 radical (unpaired) electrons. The van der Waals surface area contributed by atoms with Gasteiger partial charge in [0.1, 0.15) is 12.3 Å². The zero-order valence-corrected chi connectivity index (χ0v) is 16.6.